The summed E-state index contributed by atoms with van der Waals surface area (Å²) < 4.78 is 0. The summed E-state index contributed by atoms with van der Waals surface area (Å²) in [5, 5.41) is 22.6. The number of para-hydroxylation sites is 1. The number of nitrogens with one attached hydrogen (secondary N) is 1. The number of aromatic nitrogens is 1. The number of fused-ring (bicyclic) bond motifs is 3. The topological polar surface area (TPSA) is 85.7 Å². The number of oxime groups is 1. The highest BCUT2D eigenvalue weighted by atomic mass is 16.4. The van der Waals surface area contributed by atoms with E-state index < -0.39 is 5.97 Å². The van der Waals surface area contributed by atoms with E-state index in [-0.39, 0.29) is 17.8 Å². The molecule has 128 valence electrons. The lowest BCUT2D eigenvalue weighted by atomic mass is 9.65. The zero-order chi connectivity index (χ0) is 17.3. The maximum atomic E-state index is 11.5. The Labute approximate surface area is 141 Å². The summed E-state index contributed by atoms with van der Waals surface area (Å²) in [5.74, 6) is -0.506. The molecule has 5 nitrogen and oxygen atoms in total. The number of hydrogen-bond donors (Lipinski definition) is 3. The molecule has 3 rings (SSSR count). The van der Waals surface area contributed by atoms with Crippen LogP contribution in [0.2, 0.25) is 0 Å². The summed E-state index contributed by atoms with van der Waals surface area (Å²) in [5.41, 5.74) is 4.19. The Morgan fingerprint density at radius 3 is 2.96 bits per heavy atom. The van der Waals surface area contributed by atoms with Gasteiger partial charge in [0, 0.05) is 28.2 Å². The van der Waals surface area contributed by atoms with E-state index >= 15 is 0 Å². The van der Waals surface area contributed by atoms with Gasteiger partial charge >= 0.3 is 5.97 Å². The molecular weight excluding hydrogens is 304 g/mol. The zero-order valence-corrected chi connectivity index (χ0v) is 14.2. The summed E-state index contributed by atoms with van der Waals surface area (Å²) in [6.07, 6.45) is 4.87. The lowest BCUT2D eigenvalue weighted by molar-refractivity contribution is -0.138. The molecule has 0 aliphatic heterocycles. The number of carboxylic acids is 1. The van der Waals surface area contributed by atoms with Gasteiger partial charge in [-0.15, -0.1) is 5.16 Å². The van der Waals surface area contributed by atoms with Crippen molar-refractivity contribution in [3.05, 3.63) is 35.0 Å². The minimum atomic E-state index is -0.756. The second kappa shape index (κ2) is 6.30. The number of aromatic amines is 1. The van der Waals surface area contributed by atoms with Crippen molar-refractivity contribution in [1.82, 2.24) is 4.98 Å². The number of aryl methyl sites for hydroxylation is 1. The number of hydrogen-bond acceptors (Lipinski definition) is 3. The van der Waals surface area contributed by atoms with Gasteiger partial charge in [0.05, 0.1) is 6.42 Å². The first kappa shape index (κ1) is 16.6. The molecule has 0 saturated heterocycles. The molecule has 0 bridgehead atoms. The van der Waals surface area contributed by atoms with Crippen LogP contribution in [-0.4, -0.2) is 27.5 Å². The molecule has 2 atom stereocenters. The van der Waals surface area contributed by atoms with Crippen LogP contribution < -0.4 is 0 Å². The first-order valence-electron chi connectivity index (χ1n) is 8.51. The zero-order valence-electron chi connectivity index (χ0n) is 14.2. The van der Waals surface area contributed by atoms with E-state index in [1.54, 1.807) is 6.21 Å². The van der Waals surface area contributed by atoms with Crippen molar-refractivity contribution in [2.45, 2.75) is 57.3 Å². The Balaban J connectivity index is 2.23. The molecule has 0 unspecified atom stereocenters. The molecule has 5 heteroatoms. The number of H-pyrrole nitrogens is 1. The molecule has 1 aromatic carbocycles. The van der Waals surface area contributed by atoms with Gasteiger partial charge in [0.1, 0.15) is 0 Å². The fraction of sp³-hybridized carbons (Fsp3) is 0.474. The molecule has 1 aliphatic rings. The molecule has 3 N–H and O–H groups in total. The van der Waals surface area contributed by atoms with Gasteiger partial charge in [-0.05, 0) is 49.7 Å². The van der Waals surface area contributed by atoms with Crippen molar-refractivity contribution in [1.29, 1.82) is 0 Å². The average molecular weight is 328 g/mol. The van der Waals surface area contributed by atoms with Crippen LogP contribution in [0.25, 0.3) is 10.9 Å². The van der Waals surface area contributed by atoms with Gasteiger partial charge < -0.3 is 15.3 Å². The molecule has 1 aliphatic carbocycles. The smallest absolute Gasteiger partial charge is 0.304 e. The minimum absolute atomic E-state index is 0.142. The molecule has 0 fully saturated rings. The first-order chi connectivity index (χ1) is 11.5. The van der Waals surface area contributed by atoms with Gasteiger partial charge in [0.2, 0.25) is 0 Å². The lowest BCUT2D eigenvalue weighted by Crippen LogP contribution is -2.34. The lowest BCUT2D eigenvalue weighted by Gasteiger charge is -2.38. The Hall–Kier alpha value is -2.30. The number of benzene rings is 1. The van der Waals surface area contributed by atoms with Crippen molar-refractivity contribution in [2.24, 2.45) is 5.16 Å². The highest BCUT2D eigenvalue weighted by Crippen LogP contribution is 2.50. The molecule has 0 saturated carbocycles. The Morgan fingerprint density at radius 2 is 2.29 bits per heavy atom. The normalized spacial score (nSPS) is 23.7. The van der Waals surface area contributed by atoms with Crippen molar-refractivity contribution >= 4 is 23.1 Å². The van der Waals surface area contributed by atoms with E-state index in [1.807, 2.05) is 6.07 Å². The molecule has 24 heavy (non-hydrogen) atoms. The van der Waals surface area contributed by atoms with Crippen molar-refractivity contribution in [3.8, 4) is 0 Å². The minimum Gasteiger partial charge on any atom is -0.481 e. The van der Waals surface area contributed by atoms with Gasteiger partial charge in [0.15, 0.2) is 0 Å². The van der Waals surface area contributed by atoms with Crippen LogP contribution in [-0.2, 0) is 10.2 Å². The van der Waals surface area contributed by atoms with Gasteiger partial charge in [-0.1, -0.05) is 25.1 Å². The van der Waals surface area contributed by atoms with E-state index in [1.165, 1.54) is 10.9 Å². The van der Waals surface area contributed by atoms with Crippen molar-refractivity contribution in [2.75, 3.05) is 0 Å². The van der Waals surface area contributed by atoms with Crippen LogP contribution in [0.1, 0.15) is 61.8 Å². The fourth-order valence-corrected chi connectivity index (χ4v) is 4.30. The Morgan fingerprint density at radius 1 is 1.50 bits per heavy atom. The highest BCUT2D eigenvalue weighted by Gasteiger charge is 2.42. The largest absolute Gasteiger partial charge is 0.481 e. The quantitative estimate of drug-likeness (QED) is 0.434. The monoisotopic (exact) mass is 328 g/mol. The third-order valence-electron chi connectivity index (χ3n) is 5.63. The Kier molecular flexibility index (Phi) is 4.35. The highest BCUT2D eigenvalue weighted by molar-refractivity contribution is 5.89. The third-order valence-corrected chi connectivity index (χ3v) is 5.63. The Bertz CT molecular complexity index is 793. The number of nitrogens with zero attached hydrogens (tertiary/aromatic N) is 1. The third kappa shape index (κ3) is 2.58. The summed E-state index contributed by atoms with van der Waals surface area (Å²) in [4.78, 5) is 15.1. The predicted molar refractivity (Wildman–Crippen MR) is 94.1 cm³/mol. The van der Waals surface area contributed by atoms with E-state index in [9.17, 15) is 9.90 Å². The maximum Gasteiger partial charge on any atom is 0.304 e. The number of rotatable bonds is 5. The van der Waals surface area contributed by atoms with E-state index in [4.69, 9.17) is 5.21 Å². The summed E-state index contributed by atoms with van der Waals surface area (Å²) in [6, 6.07) is 6.22. The van der Waals surface area contributed by atoms with Crippen molar-refractivity contribution < 1.29 is 15.1 Å². The van der Waals surface area contributed by atoms with E-state index in [2.05, 4.69) is 36.1 Å². The van der Waals surface area contributed by atoms with Crippen LogP contribution in [0.5, 0.6) is 0 Å². The number of carboxylic acid groups (broad SMARTS) is 1. The van der Waals surface area contributed by atoms with Gasteiger partial charge in [-0.25, -0.2) is 0 Å². The number of aliphatic carboxylic acids is 1. The molecule has 1 heterocycles. The van der Waals surface area contributed by atoms with E-state index in [0.29, 0.717) is 6.42 Å². The fourth-order valence-electron chi connectivity index (χ4n) is 4.30. The number of carbonyl (C=O) groups is 1. The molecule has 1 aromatic heterocycles. The average Bonchev–Trinajstić information content (AvgIpc) is 2.96. The van der Waals surface area contributed by atoms with Crippen molar-refractivity contribution in [3.63, 3.8) is 0 Å². The SMILES string of the molecule is CC[C@@]1(CC(=O)O)CC[C@H](C/C=N/O)c2c1[nH]c1c(C)cccc21. The van der Waals surface area contributed by atoms with Gasteiger partial charge in [-0.3, -0.25) is 4.79 Å². The van der Waals surface area contributed by atoms with Crippen LogP contribution in [0.15, 0.2) is 23.4 Å². The molecule has 0 spiro atoms. The van der Waals surface area contributed by atoms with E-state index in [0.717, 1.165) is 36.0 Å². The molecule has 0 amide bonds. The summed E-state index contributed by atoms with van der Waals surface area (Å²) in [7, 11) is 0. The van der Waals surface area contributed by atoms with Crippen LogP contribution in [0.3, 0.4) is 0 Å². The summed E-state index contributed by atoms with van der Waals surface area (Å²) >= 11 is 0. The molecular formula is C19H24N2O3. The van der Waals surface area contributed by atoms with Crippen LogP contribution >= 0.6 is 0 Å². The van der Waals surface area contributed by atoms with Crippen LogP contribution in [0, 0.1) is 6.92 Å². The van der Waals surface area contributed by atoms with Gasteiger partial charge in [-0.2, -0.15) is 0 Å². The second-order valence-corrected chi connectivity index (χ2v) is 6.88. The maximum absolute atomic E-state index is 11.5. The second-order valence-electron chi connectivity index (χ2n) is 6.88. The standard InChI is InChI=1S/C19H24N2O3/c1-3-19(11-15(22)23)9-7-13(8-10-20-24)16-14-6-4-5-12(2)17(14)21-18(16)19/h4-6,10,13,21,24H,3,7-9,11H2,1-2H3,(H,22,23)/b20-10+/t13-,19+/m1/s1. The first-order valence-corrected chi connectivity index (χ1v) is 8.51. The predicted octanol–water partition coefficient (Wildman–Crippen LogP) is 4.33. The van der Waals surface area contributed by atoms with Crippen LogP contribution in [0.4, 0.5) is 0 Å². The summed E-state index contributed by atoms with van der Waals surface area (Å²) in [6.45, 7) is 4.14. The molecule has 0 radical (unpaired) electrons. The van der Waals surface area contributed by atoms with Gasteiger partial charge in [0.25, 0.3) is 0 Å². The molecule has 2 aromatic rings.